The normalized spacial score (nSPS) is 10.1. The highest BCUT2D eigenvalue weighted by Gasteiger charge is 2.16. The van der Waals surface area contributed by atoms with E-state index < -0.39 is 5.43 Å². The van der Waals surface area contributed by atoms with Gasteiger partial charge in [-0.2, -0.15) is 5.26 Å². The molecule has 0 radical (unpaired) electrons. The summed E-state index contributed by atoms with van der Waals surface area (Å²) in [6, 6.07) is 7.59. The predicted octanol–water partition coefficient (Wildman–Crippen LogP) is 2.80. The number of hydrogen-bond donors (Lipinski definition) is 2. The molecule has 0 spiro atoms. The zero-order chi connectivity index (χ0) is 14.7. The van der Waals surface area contributed by atoms with Crippen LogP contribution in [0.5, 0.6) is 0 Å². The molecule has 2 aromatic rings. The Labute approximate surface area is 119 Å². The third-order valence-corrected chi connectivity index (χ3v) is 3.92. The Balaban J connectivity index is 2.68. The highest BCUT2D eigenvalue weighted by atomic mass is 32.1. The maximum absolute atomic E-state index is 13.0. The summed E-state index contributed by atoms with van der Waals surface area (Å²) >= 11 is 1.22. The van der Waals surface area contributed by atoms with Gasteiger partial charge in [-0.15, -0.1) is 11.3 Å². The van der Waals surface area contributed by atoms with Crippen LogP contribution in [0.4, 0.5) is 15.1 Å². The molecular formula is C14H12FN3OS. The van der Waals surface area contributed by atoms with Crippen molar-refractivity contribution in [1.82, 2.24) is 0 Å². The first kappa shape index (κ1) is 14.0. The fraction of sp³-hybridized carbons (Fsp3) is 0.143. The van der Waals surface area contributed by atoms with E-state index >= 15 is 0 Å². The number of nitrogen functional groups attached to an aromatic ring is 1. The van der Waals surface area contributed by atoms with Crippen molar-refractivity contribution in [2.45, 2.75) is 6.92 Å². The van der Waals surface area contributed by atoms with Crippen molar-refractivity contribution in [3.63, 3.8) is 0 Å². The first-order chi connectivity index (χ1) is 9.58. The lowest BCUT2D eigenvalue weighted by Gasteiger charge is -2.10. The summed E-state index contributed by atoms with van der Waals surface area (Å²) in [6.45, 7) is 2.45. The van der Waals surface area contributed by atoms with E-state index in [0.29, 0.717) is 22.0 Å². The molecule has 20 heavy (non-hydrogen) atoms. The molecule has 0 aliphatic carbocycles. The van der Waals surface area contributed by atoms with E-state index in [4.69, 9.17) is 11.0 Å². The van der Waals surface area contributed by atoms with Crippen molar-refractivity contribution in [3.05, 3.63) is 45.9 Å². The number of hydrogen-bond acceptors (Lipinski definition) is 5. The Kier molecular flexibility index (Phi) is 4.01. The standard InChI is InChI=1S/C14H12FN3OS/c1-2-18-14-10(7-16)12(19)11(17)13(20-14)8-3-5-9(15)6-4-8/h3-6,18H,2,17H2,1H3. The number of rotatable bonds is 3. The molecular weight excluding hydrogens is 277 g/mol. The molecule has 0 saturated carbocycles. The average Bonchev–Trinajstić information content (AvgIpc) is 2.44. The van der Waals surface area contributed by atoms with E-state index in [2.05, 4.69) is 5.32 Å². The van der Waals surface area contributed by atoms with Crippen LogP contribution < -0.4 is 16.5 Å². The Morgan fingerprint density at radius 3 is 2.60 bits per heavy atom. The minimum atomic E-state index is -0.499. The zero-order valence-electron chi connectivity index (χ0n) is 10.7. The fourth-order valence-electron chi connectivity index (χ4n) is 1.75. The summed E-state index contributed by atoms with van der Waals surface area (Å²) in [4.78, 5) is 12.6. The van der Waals surface area contributed by atoms with Crippen LogP contribution in [-0.4, -0.2) is 6.54 Å². The summed E-state index contributed by atoms with van der Waals surface area (Å²) in [5, 5.41) is 12.5. The zero-order valence-corrected chi connectivity index (χ0v) is 11.6. The van der Waals surface area contributed by atoms with Gasteiger partial charge < -0.3 is 11.1 Å². The first-order valence-corrected chi connectivity index (χ1v) is 6.76. The summed E-state index contributed by atoms with van der Waals surface area (Å²) < 4.78 is 13.0. The molecule has 0 unspecified atom stereocenters. The Morgan fingerprint density at radius 2 is 2.05 bits per heavy atom. The minimum absolute atomic E-state index is 0.0137. The lowest BCUT2D eigenvalue weighted by molar-refractivity contribution is 0.628. The molecule has 102 valence electrons. The van der Waals surface area contributed by atoms with Crippen LogP contribution in [0.25, 0.3) is 10.4 Å². The molecule has 1 heterocycles. The van der Waals surface area contributed by atoms with Gasteiger partial charge in [0, 0.05) is 6.54 Å². The van der Waals surface area contributed by atoms with Crippen molar-refractivity contribution < 1.29 is 4.39 Å². The van der Waals surface area contributed by atoms with E-state index in [0.717, 1.165) is 0 Å². The van der Waals surface area contributed by atoms with Crippen LogP contribution in [0.15, 0.2) is 29.1 Å². The summed E-state index contributed by atoms with van der Waals surface area (Å²) in [6.07, 6.45) is 0. The number of benzene rings is 1. The van der Waals surface area contributed by atoms with Crippen molar-refractivity contribution in [1.29, 1.82) is 5.26 Å². The molecule has 3 N–H and O–H groups in total. The van der Waals surface area contributed by atoms with Gasteiger partial charge in [0.05, 0.1) is 10.6 Å². The molecule has 1 aromatic carbocycles. The van der Waals surface area contributed by atoms with Crippen LogP contribution in [0.3, 0.4) is 0 Å². The molecule has 0 fully saturated rings. The largest absolute Gasteiger partial charge is 0.394 e. The van der Waals surface area contributed by atoms with Gasteiger partial charge in [0.25, 0.3) is 0 Å². The van der Waals surface area contributed by atoms with Gasteiger partial charge in [-0.05, 0) is 24.6 Å². The van der Waals surface area contributed by atoms with E-state index in [1.165, 1.54) is 23.5 Å². The van der Waals surface area contributed by atoms with Gasteiger partial charge in [0.15, 0.2) is 0 Å². The fourth-order valence-corrected chi connectivity index (χ4v) is 2.87. The Morgan fingerprint density at radius 1 is 1.40 bits per heavy atom. The number of anilines is 2. The molecule has 0 aliphatic heterocycles. The number of halogens is 1. The van der Waals surface area contributed by atoms with Crippen LogP contribution in [0.1, 0.15) is 12.5 Å². The predicted molar refractivity (Wildman–Crippen MR) is 79.3 cm³/mol. The number of nitrogens with zero attached hydrogens (tertiary/aromatic N) is 1. The van der Waals surface area contributed by atoms with Gasteiger partial charge in [-0.25, -0.2) is 4.39 Å². The number of nitrogens with one attached hydrogen (secondary N) is 1. The summed E-state index contributed by atoms with van der Waals surface area (Å²) in [5.74, 6) is -0.361. The second kappa shape index (κ2) is 5.72. The third kappa shape index (κ3) is 2.49. The second-order valence-corrected chi connectivity index (χ2v) is 5.05. The van der Waals surface area contributed by atoms with Gasteiger partial charge in [0.2, 0.25) is 5.43 Å². The first-order valence-electron chi connectivity index (χ1n) is 5.95. The van der Waals surface area contributed by atoms with Gasteiger partial charge in [0.1, 0.15) is 22.5 Å². The van der Waals surface area contributed by atoms with E-state index in [1.54, 1.807) is 12.1 Å². The lowest BCUT2D eigenvalue weighted by Crippen LogP contribution is -2.15. The van der Waals surface area contributed by atoms with Gasteiger partial charge in [-0.3, -0.25) is 4.79 Å². The van der Waals surface area contributed by atoms with Crippen LogP contribution in [0.2, 0.25) is 0 Å². The Bertz CT molecular complexity index is 732. The molecule has 0 aliphatic rings. The number of nitriles is 1. The molecule has 2 rings (SSSR count). The van der Waals surface area contributed by atoms with Gasteiger partial charge >= 0.3 is 0 Å². The Hall–Kier alpha value is -2.39. The summed E-state index contributed by atoms with van der Waals surface area (Å²) in [7, 11) is 0. The molecule has 0 bridgehead atoms. The van der Waals surface area contributed by atoms with Gasteiger partial charge in [-0.1, -0.05) is 12.1 Å². The quantitative estimate of drug-likeness (QED) is 0.910. The minimum Gasteiger partial charge on any atom is -0.394 e. The maximum atomic E-state index is 13.0. The van der Waals surface area contributed by atoms with E-state index in [1.807, 2.05) is 13.0 Å². The van der Waals surface area contributed by atoms with Crippen molar-refractivity contribution in [2.75, 3.05) is 17.6 Å². The second-order valence-electron chi connectivity index (χ2n) is 4.03. The molecule has 4 nitrogen and oxygen atoms in total. The van der Waals surface area contributed by atoms with Crippen molar-refractivity contribution in [3.8, 4) is 16.5 Å². The molecule has 0 amide bonds. The molecule has 0 saturated heterocycles. The molecule has 1 aromatic heterocycles. The number of nitrogens with two attached hydrogens (primary N) is 1. The van der Waals surface area contributed by atoms with Crippen LogP contribution in [0, 0.1) is 17.1 Å². The topological polar surface area (TPSA) is 78.9 Å². The van der Waals surface area contributed by atoms with E-state index in [-0.39, 0.29) is 17.1 Å². The highest BCUT2D eigenvalue weighted by molar-refractivity contribution is 7.19. The molecule has 0 atom stereocenters. The SMILES string of the molecule is CCNc1sc(-c2ccc(F)cc2)c(N)c(=O)c1C#N. The highest BCUT2D eigenvalue weighted by Crippen LogP contribution is 2.34. The maximum Gasteiger partial charge on any atom is 0.223 e. The van der Waals surface area contributed by atoms with Crippen LogP contribution >= 0.6 is 11.3 Å². The monoisotopic (exact) mass is 289 g/mol. The summed E-state index contributed by atoms with van der Waals surface area (Å²) in [5.41, 5.74) is 6.00. The van der Waals surface area contributed by atoms with E-state index in [9.17, 15) is 9.18 Å². The van der Waals surface area contributed by atoms with Crippen molar-refractivity contribution in [2.24, 2.45) is 0 Å². The van der Waals surface area contributed by atoms with Crippen LogP contribution in [-0.2, 0) is 0 Å². The van der Waals surface area contributed by atoms with Crippen molar-refractivity contribution >= 4 is 22.0 Å². The smallest absolute Gasteiger partial charge is 0.223 e. The lowest BCUT2D eigenvalue weighted by atomic mass is 10.1. The average molecular weight is 289 g/mol. The molecule has 6 heteroatoms. The third-order valence-electron chi connectivity index (χ3n) is 2.70.